The van der Waals surface area contributed by atoms with Crippen molar-refractivity contribution in [3.63, 3.8) is 0 Å². The molecule has 0 aromatic rings. The molecule has 0 atom stereocenters. The molecule has 1 amide bonds. The first-order chi connectivity index (χ1) is 8.29. The highest BCUT2D eigenvalue weighted by Gasteiger charge is 2.26. The summed E-state index contributed by atoms with van der Waals surface area (Å²) in [5.74, 6) is 0.175. The first-order valence-corrected chi connectivity index (χ1v) is 6.17. The van der Waals surface area contributed by atoms with E-state index in [0.717, 1.165) is 12.8 Å². The lowest BCUT2D eigenvalue weighted by Crippen LogP contribution is -2.50. The molecule has 0 aromatic carbocycles. The van der Waals surface area contributed by atoms with Gasteiger partial charge >= 0.3 is 0 Å². The van der Waals surface area contributed by atoms with Gasteiger partial charge in [0.2, 0.25) is 5.91 Å². The second-order valence-electron chi connectivity index (χ2n) is 5.40. The molecule has 0 aliphatic heterocycles. The van der Waals surface area contributed by atoms with Crippen molar-refractivity contribution in [1.82, 2.24) is 5.32 Å². The molecule has 0 radical (unpaired) electrons. The minimum Gasteiger partial charge on any atom is -0.354 e. The van der Waals surface area contributed by atoms with E-state index < -0.39 is 10.6 Å². The van der Waals surface area contributed by atoms with Gasteiger partial charge in [-0.2, -0.15) is 0 Å². The Labute approximate surface area is 106 Å². The third-order valence-electron chi connectivity index (χ3n) is 3.17. The van der Waals surface area contributed by atoms with Crippen molar-refractivity contribution in [2.75, 3.05) is 6.54 Å². The fourth-order valence-corrected chi connectivity index (χ4v) is 2.03. The van der Waals surface area contributed by atoms with Gasteiger partial charge in [-0.25, -0.2) is 0 Å². The molecule has 0 unspecified atom stereocenters. The number of rotatable bonds is 5. The van der Waals surface area contributed by atoms with Crippen molar-refractivity contribution in [2.45, 2.75) is 51.2 Å². The average Bonchev–Trinajstić information content (AvgIpc) is 2.25. The Morgan fingerprint density at radius 1 is 1.44 bits per heavy atom. The molecule has 7 nitrogen and oxygen atoms in total. The van der Waals surface area contributed by atoms with E-state index >= 15 is 0 Å². The number of carbonyl (C=O) groups excluding carboxylic acids is 1. The van der Waals surface area contributed by atoms with Crippen LogP contribution in [0, 0.1) is 16.0 Å². The zero-order chi connectivity index (χ0) is 13.8. The zero-order valence-electron chi connectivity index (χ0n) is 10.8. The Morgan fingerprint density at radius 3 is 2.44 bits per heavy atom. The van der Waals surface area contributed by atoms with E-state index in [1.54, 1.807) is 13.8 Å². The summed E-state index contributed by atoms with van der Waals surface area (Å²) in [6, 6.07) is 0. The lowest BCUT2D eigenvalue weighted by atomic mass is 9.87. The lowest BCUT2D eigenvalue weighted by Gasteiger charge is -2.28. The summed E-state index contributed by atoms with van der Waals surface area (Å²) >= 11 is 0. The first kappa shape index (κ1) is 14.7. The molecular formula is C11H21N3O4. The summed E-state index contributed by atoms with van der Waals surface area (Å²) < 4.78 is 0. The maximum absolute atomic E-state index is 11.6. The van der Waals surface area contributed by atoms with Crippen molar-refractivity contribution in [3.05, 3.63) is 10.1 Å². The molecule has 0 spiro atoms. The molecule has 1 rings (SSSR count). The Morgan fingerprint density at radius 2 is 2.00 bits per heavy atom. The van der Waals surface area contributed by atoms with Gasteiger partial charge in [0.25, 0.3) is 5.09 Å². The molecule has 7 heteroatoms. The molecule has 3 N–H and O–H groups in total. The van der Waals surface area contributed by atoms with Gasteiger partial charge in [0.1, 0.15) is 6.10 Å². The van der Waals surface area contributed by atoms with Gasteiger partial charge in [0.05, 0.1) is 5.54 Å². The topological polar surface area (TPSA) is 107 Å². The van der Waals surface area contributed by atoms with E-state index in [-0.39, 0.29) is 12.0 Å². The van der Waals surface area contributed by atoms with Crippen LogP contribution in [0.4, 0.5) is 0 Å². The van der Waals surface area contributed by atoms with E-state index in [1.807, 2.05) is 0 Å². The second kappa shape index (κ2) is 5.99. The number of nitrogens with zero attached hydrogens (tertiary/aromatic N) is 1. The zero-order valence-corrected chi connectivity index (χ0v) is 10.8. The minimum atomic E-state index is -0.869. The number of nitrogens with one attached hydrogen (secondary N) is 1. The van der Waals surface area contributed by atoms with Crippen LogP contribution in [0.2, 0.25) is 0 Å². The monoisotopic (exact) mass is 259 g/mol. The van der Waals surface area contributed by atoms with E-state index in [0.29, 0.717) is 25.3 Å². The molecule has 1 aliphatic carbocycles. The highest BCUT2D eigenvalue weighted by molar-refractivity contribution is 5.84. The van der Waals surface area contributed by atoms with Gasteiger partial charge < -0.3 is 15.9 Å². The fourth-order valence-electron chi connectivity index (χ4n) is 2.03. The van der Waals surface area contributed by atoms with Crippen molar-refractivity contribution in [1.29, 1.82) is 0 Å². The number of amides is 1. The first-order valence-electron chi connectivity index (χ1n) is 6.17. The number of carbonyl (C=O) groups is 1. The van der Waals surface area contributed by atoms with Crippen LogP contribution in [0.15, 0.2) is 0 Å². The summed E-state index contributed by atoms with van der Waals surface area (Å²) in [7, 11) is 0. The van der Waals surface area contributed by atoms with Crippen LogP contribution in [0.25, 0.3) is 0 Å². The Kier molecular flexibility index (Phi) is 4.89. The number of hydrogen-bond acceptors (Lipinski definition) is 5. The Balaban J connectivity index is 2.24. The van der Waals surface area contributed by atoms with Crippen LogP contribution < -0.4 is 11.1 Å². The molecule has 18 heavy (non-hydrogen) atoms. The molecule has 0 bridgehead atoms. The van der Waals surface area contributed by atoms with E-state index in [2.05, 4.69) is 10.2 Å². The maximum Gasteiger partial charge on any atom is 0.294 e. The highest BCUT2D eigenvalue weighted by Crippen LogP contribution is 2.25. The van der Waals surface area contributed by atoms with E-state index in [9.17, 15) is 14.9 Å². The Bertz CT molecular complexity index is 306. The second-order valence-corrected chi connectivity index (χ2v) is 5.40. The third kappa shape index (κ3) is 4.87. The summed E-state index contributed by atoms with van der Waals surface area (Å²) in [5, 5.41) is 12.3. The van der Waals surface area contributed by atoms with E-state index in [1.165, 1.54) is 0 Å². The molecule has 1 aliphatic rings. The Hall–Kier alpha value is -1.37. The average molecular weight is 259 g/mol. The molecule has 0 heterocycles. The molecule has 0 aromatic heterocycles. The summed E-state index contributed by atoms with van der Waals surface area (Å²) in [5.41, 5.74) is 4.80. The van der Waals surface area contributed by atoms with Crippen molar-refractivity contribution >= 4 is 5.91 Å². The van der Waals surface area contributed by atoms with Crippen LogP contribution in [-0.2, 0) is 9.63 Å². The number of hydrogen-bond donors (Lipinski definition) is 2. The smallest absolute Gasteiger partial charge is 0.294 e. The van der Waals surface area contributed by atoms with Gasteiger partial charge in [-0.3, -0.25) is 4.79 Å². The molecule has 1 fully saturated rings. The molecule has 0 saturated heterocycles. The predicted octanol–water partition coefficient (Wildman–Crippen LogP) is 0.607. The summed E-state index contributed by atoms with van der Waals surface area (Å²) in [4.78, 5) is 26.3. The van der Waals surface area contributed by atoms with Crippen molar-refractivity contribution in [3.8, 4) is 0 Å². The predicted molar refractivity (Wildman–Crippen MR) is 65.1 cm³/mol. The highest BCUT2D eigenvalue weighted by atomic mass is 17.0. The molecular weight excluding hydrogens is 238 g/mol. The van der Waals surface area contributed by atoms with Crippen LogP contribution in [-0.4, -0.2) is 29.2 Å². The lowest BCUT2D eigenvalue weighted by molar-refractivity contribution is -0.769. The molecule has 1 saturated carbocycles. The number of nitrogens with two attached hydrogens (primary N) is 1. The van der Waals surface area contributed by atoms with Gasteiger partial charge in [0.15, 0.2) is 0 Å². The van der Waals surface area contributed by atoms with Crippen LogP contribution in [0.5, 0.6) is 0 Å². The van der Waals surface area contributed by atoms with Crippen molar-refractivity contribution < 1.29 is 14.7 Å². The fraction of sp³-hybridized carbons (Fsp3) is 0.909. The normalized spacial score (nSPS) is 24.4. The van der Waals surface area contributed by atoms with Crippen LogP contribution in [0.3, 0.4) is 0 Å². The third-order valence-corrected chi connectivity index (χ3v) is 3.17. The summed E-state index contributed by atoms with van der Waals surface area (Å²) in [6.45, 7) is 3.89. The van der Waals surface area contributed by atoms with Gasteiger partial charge in [-0.15, -0.1) is 10.1 Å². The van der Waals surface area contributed by atoms with Crippen LogP contribution >= 0.6 is 0 Å². The standard InChI is InChI=1S/C11H21N3O4/c1-11(2,12)10(15)13-7-8-3-5-9(6-4-8)18-14(16)17/h8-9H,3-7,12H2,1-2H3,(H,13,15). The SMILES string of the molecule is CC(C)(N)C(=O)NCC1CCC(O[N+](=O)[O-])CC1. The maximum atomic E-state index is 11.6. The largest absolute Gasteiger partial charge is 0.354 e. The quantitative estimate of drug-likeness (QED) is 0.555. The van der Waals surface area contributed by atoms with Crippen molar-refractivity contribution in [2.24, 2.45) is 11.7 Å². The van der Waals surface area contributed by atoms with Gasteiger partial charge in [-0.05, 0) is 45.4 Å². The molecule has 104 valence electrons. The summed E-state index contributed by atoms with van der Waals surface area (Å²) in [6.07, 6.45) is 2.67. The minimum absolute atomic E-state index is 0.175. The van der Waals surface area contributed by atoms with Gasteiger partial charge in [0, 0.05) is 6.54 Å². The van der Waals surface area contributed by atoms with E-state index in [4.69, 9.17) is 5.73 Å². The van der Waals surface area contributed by atoms with Crippen LogP contribution in [0.1, 0.15) is 39.5 Å². The van der Waals surface area contributed by atoms with Gasteiger partial charge in [-0.1, -0.05) is 0 Å².